The molecule has 11 N–H and O–H groups in total. The fourth-order valence-electron chi connectivity index (χ4n) is 14.0. The zero-order valence-electron chi connectivity index (χ0n) is 34.7. The predicted molar refractivity (Wildman–Crippen MR) is 202 cm³/mol. The zero-order valence-corrected chi connectivity index (χ0v) is 34.7. The standard InChI is InChI=1S/C42H68O16/c1-37(2)14-19-18-8-9-22-39(5)12-11-24(38(3,4)21(39)10-13-40(22,6)41(18,7)32(51)33(52)42(19,17-44)23(45)15-37)56-36-31(28(49)27(48)30(57-36)34(53)54)58-35-29(50)26(47)25(46)20(16-43)55-35/h8,19-33,35-36,43-52H,9-17H2,1-7H3,(H,53,54)/t19-,20+,21-,22+,23-,24-,25+,26-,27-,28-,29+,30-,31+,32-,33+,35-,36+,39-,40+,41-,42+/m0/s1. The summed E-state index contributed by atoms with van der Waals surface area (Å²) >= 11 is 0. The zero-order chi connectivity index (χ0) is 42.9. The Balaban J connectivity index is 1.18. The number of carboxylic acids is 1. The average molecular weight is 829 g/mol. The van der Waals surface area contributed by atoms with Crippen molar-refractivity contribution in [1.82, 2.24) is 0 Å². The maximum Gasteiger partial charge on any atom is 0.335 e. The highest BCUT2D eigenvalue weighted by atomic mass is 16.8. The van der Waals surface area contributed by atoms with Crippen molar-refractivity contribution in [3.63, 3.8) is 0 Å². The normalized spacial score (nSPS) is 54.9. The molecule has 0 spiro atoms. The second-order valence-electron chi connectivity index (χ2n) is 21.0. The number of aliphatic carboxylic acids is 1. The van der Waals surface area contributed by atoms with Crippen molar-refractivity contribution >= 4 is 5.97 Å². The van der Waals surface area contributed by atoms with Gasteiger partial charge in [0.05, 0.1) is 43.0 Å². The number of hydrogen-bond donors (Lipinski definition) is 11. The predicted octanol–water partition coefficient (Wildman–Crippen LogP) is -0.206. The maximum atomic E-state index is 12.3. The van der Waals surface area contributed by atoms with Crippen LogP contribution in [-0.4, -0.2) is 161 Å². The Hall–Kier alpha value is -1.35. The molecule has 0 amide bonds. The number of carbonyl (C=O) groups is 1. The quantitative estimate of drug-likeness (QED) is 0.117. The van der Waals surface area contributed by atoms with Gasteiger partial charge in [0.25, 0.3) is 0 Å². The molecule has 0 aromatic rings. The molecular weight excluding hydrogens is 760 g/mol. The Kier molecular flexibility index (Phi) is 11.5. The lowest BCUT2D eigenvalue weighted by Gasteiger charge is -2.73. The van der Waals surface area contributed by atoms with E-state index in [1.54, 1.807) is 0 Å². The van der Waals surface area contributed by atoms with E-state index in [0.29, 0.717) is 44.9 Å². The van der Waals surface area contributed by atoms with Gasteiger partial charge in [-0.2, -0.15) is 0 Å². The Morgan fingerprint density at radius 1 is 0.759 bits per heavy atom. The third kappa shape index (κ3) is 6.17. The Labute approximate surface area is 339 Å². The molecule has 16 nitrogen and oxygen atoms in total. The molecule has 2 aliphatic heterocycles. The van der Waals surface area contributed by atoms with Gasteiger partial charge in [-0.1, -0.05) is 60.1 Å². The third-order valence-corrected chi connectivity index (χ3v) is 17.4. The fourth-order valence-corrected chi connectivity index (χ4v) is 14.0. The molecule has 58 heavy (non-hydrogen) atoms. The molecule has 21 atom stereocenters. The van der Waals surface area contributed by atoms with Crippen molar-refractivity contribution in [3.8, 4) is 0 Å². The topological polar surface area (TPSA) is 277 Å². The molecular formula is C42H68O16. The van der Waals surface area contributed by atoms with Gasteiger partial charge in [-0.15, -0.1) is 0 Å². The van der Waals surface area contributed by atoms with Gasteiger partial charge in [0.1, 0.15) is 42.7 Å². The van der Waals surface area contributed by atoms with Crippen LogP contribution in [-0.2, 0) is 23.7 Å². The van der Waals surface area contributed by atoms with E-state index >= 15 is 0 Å². The summed E-state index contributed by atoms with van der Waals surface area (Å²) in [4.78, 5) is 12.2. The summed E-state index contributed by atoms with van der Waals surface area (Å²) in [5, 5.41) is 120. The van der Waals surface area contributed by atoms with Gasteiger partial charge in [-0.3, -0.25) is 0 Å². The summed E-state index contributed by atoms with van der Waals surface area (Å²) in [6, 6.07) is 0. The number of ether oxygens (including phenoxy) is 4. The van der Waals surface area contributed by atoms with Crippen LogP contribution in [0.5, 0.6) is 0 Å². The lowest BCUT2D eigenvalue weighted by molar-refractivity contribution is -0.374. The van der Waals surface area contributed by atoms with Gasteiger partial charge < -0.3 is 75.1 Å². The monoisotopic (exact) mass is 828 g/mol. The van der Waals surface area contributed by atoms with E-state index in [-0.39, 0.29) is 28.6 Å². The highest BCUT2D eigenvalue weighted by Gasteiger charge is 2.74. The second-order valence-corrected chi connectivity index (χ2v) is 21.0. The van der Waals surface area contributed by atoms with Crippen molar-refractivity contribution in [3.05, 3.63) is 11.6 Å². The van der Waals surface area contributed by atoms with Crippen LogP contribution in [0.3, 0.4) is 0 Å². The van der Waals surface area contributed by atoms with Crippen LogP contribution in [0.4, 0.5) is 0 Å². The summed E-state index contributed by atoms with van der Waals surface area (Å²) in [6.07, 6.45) is -15.1. The molecule has 0 aromatic heterocycles. The van der Waals surface area contributed by atoms with Crippen LogP contribution >= 0.6 is 0 Å². The van der Waals surface area contributed by atoms with E-state index < -0.39 is 127 Å². The van der Waals surface area contributed by atoms with Gasteiger partial charge in [0.2, 0.25) is 0 Å². The summed E-state index contributed by atoms with van der Waals surface area (Å²) in [6.45, 7) is 13.7. The van der Waals surface area contributed by atoms with E-state index in [1.807, 2.05) is 0 Å². The van der Waals surface area contributed by atoms with Crippen molar-refractivity contribution in [2.24, 2.45) is 50.2 Å². The first kappa shape index (κ1) is 44.7. The Bertz CT molecular complexity index is 1590. The summed E-state index contributed by atoms with van der Waals surface area (Å²) in [5.41, 5.74) is -2.81. The second kappa shape index (κ2) is 14.9. The van der Waals surface area contributed by atoms with E-state index in [4.69, 9.17) is 18.9 Å². The first-order valence-electron chi connectivity index (χ1n) is 21.1. The molecule has 7 aliphatic rings. The molecule has 5 aliphatic carbocycles. The van der Waals surface area contributed by atoms with Crippen LogP contribution in [0.15, 0.2) is 11.6 Å². The first-order chi connectivity index (χ1) is 26.9. The minimum atomic E-state index is -1.98. The molecule has 6 fully saturated rings. The molecule has 16 heteroatoms. The molecule has 2 saturated heterocycles. The van der Waals surface area contributed by atoms with Crippen molar-refractivity contribution < 1.29 is 79.9 Å². The third-order valence-electron chi connectivity index (χ3n) is 17.4. The van der Waals surface area contributed by atoms with Crippen LogP contribution in [0.1, 0.15) is 93.4 Å². The molecule has 332 valence electrons. The number of aliphatic hydroxyl groups excluding tert-OH is 10. The Morgan fingerprint density at radius 2 is 1.43 bits per heavy atom. The smallest absolute Gasteiger partial charge is 0.335 e. The summed E-state index contributed by atoms with van der Waals surface area (Å²) in [7, 11) is 0. The van der Waals surface area contributed by atoms with Crippen molar-refractivity contribution in [1.29, 1.82) is 0 Å². The van der Waals surface area contributed by atoms with Crippen molar-refractivity contribution in [2.75, 3.05) is 13.2 Å². The number of hydrogen-bond acceptors (Lipinski definition) is 15. The molecule has 0 unspecified atom stereocenters. The number of carboxylic acid groups (broad SMARTS) is 1. The van der Waals surface area contributed by atoms with Gasteiger partial charge in [-0.05, 0) is 84.4 Å². The van der Waals surface area contributed by atoms with Gasteiger partial charge in [0.15, 0.2) is 18.7 Å². The minimum Gasteiger partial charge on any atom is -0.479 e. The Morgan fingerprint density at radius 3 is 2.05 bits per heavy atom. The fraction of sp³-hybridized carbons (Fsp3) is 0.929. The van der Waals surface area contributed by atoms with E-state index in [1.165, 1.54) is 0 Å². The lowest BCUT2D eigenvalue weighted by atomic mass is 9.32. The van der Waals surface area contributed by atoms with Crippen LogP contribution in [0.2, 0.25) is 0 Å². The molecule has 4 saturated carbocycles. The number of rotatable bonds is 7. The number of allylic oxidation sites excluding steroid dienone is 1. The number of aliphatic hydroxyl groups is 10. The molecule has 0 bridgehead atoms. The largest absolute Gasteiger partial charge is 0.479 e. The van der Waals surface area contributed by atoms with Crippen LogP contribution in [0, 0.1) is 50.2 Å². The van der Waals surface area contributed by atoms with E-state index in [0.717, 1.165) is 5.57 Å². The molecule has 2 heterocycles. The minimum absolute atomic E-state index is 0.0205. The summed E-state index contributed by atoms with van der Waals surface area (Å²) in [5.74, 6) is -1.82. The molecule has 0 aromatic carbocycles. The average Bonchev–Trinajstić information content (AvgIpc) is 3.14. The number of fused-ring (bicyclic) bond motifs is 7. The van der Waals surface area contributed by atoms with Gasteiger partial charge in [0, 0.05) is 5.41 Å². The maximum absolute atomic E-state index is 12.3. The first-order valence-corrected chi connectivity index (χ1v) is 21.1. The lowest BCUT2D eigenvalue weighted by Crippen LogP contribution is -2.74. The molecule has 7 rings (SSSR count). The SMILES string of the molecule is CC1(C)C[C@H](O)[C@]2(CO)[C@H](O)[C@H](O)[C@]3(C)C(=CC[C@@H]4[C@@]5(C)CC[C@H](O[C@@H]6O[C@H](C(=O)O)[C@@H](O)[C@H](O)[C@H]6O[C@@H]6O[C@H](CO)[C@@H](O)[C@H](O)[C@H]6O)C(C)(C)[C@@H]5CC[C@]43C)[C@@H]2C1. The summed E-state index contributed by atoms with van der Waals surface area (Å²) < 4.78 is 23.9. The molecule has 0 radical (unpaired) electrons. The van der Waals surface area contributed by atoms with Crippen LogP contribution in [0.25, 0.3) is 0 Å². The van der Waals surface area contributed by atoms with Crippen molar-refractivity contribution in [2.45, 2.75) is 179 Å². The van der Waals surface area contributed by atoms with E-state index in [2.05, 4.69) is 54.5 Å². The highest BCUT2D eigenvalue weighted by Crippen LogP contribution is 2.76. The highest BCUT2D eigenvalue weighted by molar-refractivity contribution is 5.73. The van der Waals surface area contributed by atoms with Gasteiger partial charge in [-0.25, -0.2) is 4.79 Å². The van der Waals surface area contributed by atoms with Crippen LogP contribution < -0.4 is 0 Å². The van der Waals surface area contributed by atoms with Gasteiger partial charge >= 0.3 is 5.97 Å². The van der Waals surface area contributed by atoms with E-state index in [9.17, 15) is 61.0 Å².